The van der Waals surface area contributed by atoms with Gasteiger partial charge >= 0.3 is 5.97 Å². The van der Waals surface area contributed by atoms with Crippen molar-refractivity contribution >= 4 is 21.9 Å². The molecule has 0 spiro atoms. The molecule has 88 valence electrons. The van der Waals surface area contributed by atoms with Crippen LogP contribution < -0.4 is 0 Å². The fraction of sp³-hybridized carbons (Fsp3) is 0.400. The van der Waals surface area contributed by atoms with Gasteiger partial charge in [0.15, 0.2) is 5.69 Å². The third-order valence-electron chi connectivity index (χ3n) is 1.92. The van der Waals surface area contributed by atoms with Gasteiger partial charge in [0.1, 0.15) is 4.60 Å². The van der Waals surface area contributed by atoms with E-state index in [4.69, 9.17) is 0 Å². The first-order valence-corrected chi connectivity index (χ1v) is 5.39. The van der Waals surface area contributed by atoms with Gasteiger partial charge in [-0.05, 0) is 41.4 Å². The molecule has 0 saturated heterocycles. The van der Waals surface area contributed by atoms with Crippen molar-refractivity contribution in [3.63, 3.8) is 0 Å². The fourth-order valence-corrected chi connectivity index (χ4v) is 1.79. The normalized spacial score (nSPS) is 10.6. The van der Waals surface area contributed by atoms with E-state index in [1.54, 1.807) is 6.92 Å². The van der Waals surface area contributed by atoms with Crippen LogP contribution in [0.15, 0.2) is 10.7 Å². The van der Waals surface area contributed by atoms with Crippen LogP contribution in [0.3, 0.4) is 0 Å². The second kappa shape index (κ2) is 5.34. The first-order valence-electron chi connectivity index (χ1n) is 4.59. The van der Waals surface area contributed by atoms with Crippen LogP contribution in [0, 0.1) is 6.92 Å². The highest BCUT2D eigenvalue weighted by molar-refractivity contribution is 9.10. The average Bonchev–Trinajstić information content (AvgIpc) is 2.15. The van der Waals surface area contributed by atoms with E-state index in [-0.39, 0.29) is 17.9 Å². The van der Waals surface area contributed by atoms with Crippen LogP contribution in [0.4, 0.5) is 8.78 Å². The zero-order valence-electron chi connectivity index (χ0n) is 8.76. The van der Waals surface area contributed by atoms with Crippen molar-refractivity contribution in [2.24, 2.45) is 0 Å². The van der Waals surface area contributed by atoms with Crippen molar-refractivity contribution in [2.45, 2.75) is 20.3 Å². The Bertz CT molecular complexity index is 410. The molecule has 0 atom stereocenters. The lowest BCUT2D eigenvalue weighted by Crippen LogP contribution is -2.12. The molecule has 0 aliphatic rings. The minimum atomic E-state index is -2.75. The van der Waals surface area contributed by atoms with E-state index in [1.165, 1.54) is 13.0 Å². The minimum Gasteiger partial charge on any atom is -0.461 e. The summed E-state index contributed by atoms with van der Waals surface area (Å²) in [6, 6.07) is 1.43. The number of halogens is 3. The van der Waals surface area contributed by atoms with E-state index < -0.39 is 12.4 Å². The molecule has 0 unspecified atom stereocenters. The molecule has 16 heavy (non-hydrogen) atoms. The lowest BCUT2D eigenvalue weighted by atomic mass is 10.1. The Morgan fingerprint density at radius 1 is 1.62 bits per heavy atom. The van der Waals surface area contributed by atoms with E-state index in [2.05, 4.69) is 25.7 Å². The van der Waals surface area contributed by atoms with Crippen molar-refractivity contribution in [1.29, 1.82) is 0 Å². The Kier molecular flexibility index (Phi) is 4.35. The van der Waals surface area contributed by atoms with Gasteiger partial charge in [0, 0.05) is 0 Å². The summed E-state index contributed by atoms with van der Waals surface area (Å²) in [5.74, 6) is -0.831. The van der Waals surface area contributed by atoms with E-state index >= 15 is 0 Å². The van der Waals surface area contributed by atoms with E-state index in [9.17, 15) is 13.6 Å². The fourth-order valence-electron chi connectivity index (χ4n) is 1.27. The molecule has 0 fully saturated rings. The van der Waals surface area contributed by atoms with Crippen LogP contribution in [0.5, 0.6) is 0 Å². The molecule has 1 aromatic rings. The molecular weight excluding hydrogens is 284 g/mol. The molecule has 1 aromatic heterocycles. The monoisotopic (exact) mass is 293 g/mol. The van der Waals surface area contributed by atoms with Crippen LogP contribution >= 0.6 is 15.9 Å². The number of esters is 1. The summed E-state index contributed by atoms with van der Waals surface area (Å²) in [7, 11) is 0. The van der Waals surface area contributed by atoms with Gasteiger partial charge < -0.3 is 4.74 Å². The smallest absolute Gasteiger partial charge is 0.357 e. The van der Waals surface area contributed by atoms with Gasteiger partial charge in [-0.25, -0.2) is 18.6 Å². The van der Waals surface area contributed by atoms with Crippen LogP contribution in [0.2, 0.25) is 0 Å². The van der Waals surface area contributed by atoms with E-state index in [1.807, 2.05) is 0 Å². The van der Waals surface area contributed by atoms with Gasteiger partial charge in [-0.2, -0.15) is 0 Å². The molecule has 0 radical (unpaired) electrons. The number of carbonyl (C=O) groups excluding carboxylic acids is 1. The SMILES string of the molecule is CCOC(=O)c1nc(Br)cc(C)c1C(F)F. The van der Waals surface area contributed by atoms with Crippen molar-refractivity contribution in [1.82, 2.24) is 4.98 Å². The van der Waals surface area contributed by atoms with Gasteiger partial charge in [0.2, 0.25) is 0 Å². The predicted octanol–water partition coefficient (Wildman–Crippen LogP) is 3.27. The number of alkyl halides is 2. The molecule has 0 saturated carbocycles. The third kappa shape index (κ3) is 2.75. The minimum absolute atomic E-state index is 0.120. The van der Waals surface area contributed by atoms with Crippen molar-refractivity contribution in [3.8, 4) is 0 Å². The molecule has 0 aliphatic heterocycles. The topological polar surface area (TPSA) is 39.2 Å². The van der Waals surface area contributed by atoms with Gasteiger partial charge in [-0.15, -0.1) is 0 Å². The molecule has 6 heteroatoms. The zero-order valence-corrected chi connectivity index (χ0v) is 10.3. The molecule has 0 aromatic carbocycles. The molecule has 3 nitrogen and oxygen atoms in total. The lowest BCUT2D eigenvalue weighted by molar-refractivity contribution is 0.0507. The summed E-state index contributed by atoms with van der Waals surface area (Å²) in [5, 5.41) is 0. The maximum Gasteiger partial charge on any atom is 0.357 e. The van der Waals surface area contributed by atoms with Crippen LogP contribution in [0.1, 0.15) is 35.0 Å². The van der Waals surface area contributed by atoms with E-state index in [0.29, 0.717) is 10.2 Å². The molecule has 1 heterocycles. The number of ether oxygens (including phenoxy) is 1. The Hall–Kier alpha value is -1.04. The van der Waals surface area contributed by atoms with Gasteiger partial charge in [-0.1, -0.05) is 0 Å². The Labute approximate surface area is 99.9 Å². The number of hydrogen-bond acceptors (Lipinski definition) is 3. The maximum atomic E-state index is 12.8. The van der Waals surface area contributed by atoms with Gasteiger partial charge in [-0.3, -0.25) is 0 Å². The molecule has 0 aliphatic carbocycles. The largest absolute Gasteiger partial charge is 0.461 e. The quantitative estimate of drug-likeness (QED) is 0.634. The highest BCUT2D eigenvalue weighted by Gasteiger charge is 2.23. The van der Waals surface area contributed by atoms with E-state index in [0.717, 1.165) is 0 Å². The number of hydrogen-bond donors (Lipinski definition) is 0. The second-order valence-corrected chi connectivity index (χ2v) is 3.86. The summed E-state index contributed by atoms with van der Waals surface area (Å²) in [4.78, 5) is 15.2. The number of aryl methyl sites for hydroxylation is 1. The van der Waals surface area contributed by atoms with Crippen molar-refractivity contribution in [2.75, 3.05) is 6.61 Å². The molecule has 0 amide bonds. The highest BCUT2D eigenvalue weighted by atomic mass is 79.9. The molecule has 0 bridgehead atoms. The number of aromatic nitrogens is 1. The summed E-state index contributed by atoms with van der Waals surface area (Å²) in [5.41, 5.74) is -0.398. The van der Waals surface area contributed by atoms with Crippen molar-refractivity contribution in [3.05, 3.63) is 27.5 Å². The Morgan fingerprint density at radius 2 is 2.25 bits per heavy atom. The number of rotatable bonds is 3. The number of nitrogens with zero attached hydrogens (tertiary/aromatic N) is 1. The molecular formula is C10H10BrF2NO2. The van der Waals surface area contributed by atoms with Gasteiger partial charge in [0.25, 0.3) is 6.43 Å². The molecule has 0 N–H and O–H groups in total. The third-order valence-corrected chi connectivity index (χ3v) is 2.33. The number of pyridine rings is 1. The Balaban J connectivity index is 3.29. The molecule has 1 rings (SSSR count). The second-order valence-electron chi connectivity index (χ2n) is 3.05. The predicted molar refractivity (Wildman–Crippen MR) is 57.6 cm³/mol. The first-order chi connectivity index (χ1) is 7.47. The highest BCUT2D eigenvalue weighted by Crippen LogP contribution is 2.27. The standard InChI is InChI=1S/C10H10BrF2NO2/c1-3-16-10(15)8-7(9(12)13)5(2)4-6(11)14-8/h4,9H,3H2,1-2H3. The maximum absolute atomic E-state index is 12.8. The summed E-state index contributed by atoms with van der Waals surface area (Å²) in [6.07, 6.45) is -2.75. The van der Waals surface area contributed by atoms with Gasteiger partial charge in [0.05, 0.1) is 12.2 Å². The first kappa shape index (κ1) is 13.0. The summed E-state index contributed by atoms with van der Waals surface area (Å²) in [6.45, 7) is 3.22. The van der Waals surface area contributed by atoms with Crippen LogP contribution in [0.25, 0.3) is 0 Å². The zero-order chi connectivity index (χ0) is 12.3. The summed E-state index contributed by atoms with van der Waals surface area (Å²) < 4.78 is 30.5. The van der Waals surface area contributed by atoms with Crippen LogP contribution in [-0.4, -0.2) is 17.6 Å². The average molecular weight is 294 g/mol. The Morgan fingerprint density at radius 3 is 2.75 bits per heavy atom. The van der Waals surface area contributed by atoms with Crippen LogP contribution in [-0.2, 0) is 4.74 Å². The number of carbonyl (C=O) groups is 1. The lowest BCUT2D eigenvalue weighted by Gasteiger charge is -2.10. The summed E-state index contributed by atoms with van der Waals surface area (Å²) >= 11 is 3.05. The van der Waals surface area contributed by atoms with Crippen molar-refractivity contribution < 1.29 is 18.3 Å².